The van der Waals surface area contributed by atoms with Crippen LogP contribution in [0.4, 0.5) is 11.4 Å². The van der Waals surface area contributed by atoms with Gasteiger partial charge in [0.15, 0.2) is 0 Å². The van der Waals surface area contributed by atoms with Crippen LogP contribution in [0.15, 0.2) is 60.8 Å². The number of nitrogens with zero attached hydrogens (tertiary/aromatic N) is 2. The Bertz CT molecular complexity index is 1000. The SMILES string of the molecule is C=CCN1C(=O)C(Nc2ccc(N(CC)CC)cc2)=C(c2ccc(C)c(C)c2)C1=O. The maximum absolute atomic E-state index is 13.1. The molecule has 1 aliphatic heterocycles. The first-order chi connectivity index (χ1) is 14.4. The lowest BCUT2D eigenvalue weighted by Gasteiger charge is -2.21. The van der Waals surface area contributed by atoms with Gasteiger partial charge in [0.25, 0.3) is 11.8 Å². The number of carbonyl (C=O) groups excluding carboxylic acids is 2. The van der Waals surface area contributed by atoms with Gasteiger partial charge in [-0.3, -0.25) is 14.5 Å². The average Bonchev–Trinajstić information content (AvgIpc) is 2.97. The Labute approximate surface area is 178 Å². The first-order valence-electron chi connectivity index (χ1n) is 10.3. The van der Waals surface area contributed by atoms with Crippen molar-refractivity contribution in [1.82, 2.24) is 4.90 Å². The largest absolute Gasteiger partial charge is 0.372 e. The maximum Gasteiger partial charge on any atom is 0.278 e. The molecule has 0 radical (unpaired) electrons. The van der Waals surface area contributed by atoms with E-state index >= 15 is 0 Å². The minimum atomic E-state index is -0.332. The Morgan fingerprint density at radius 3 is 2.20 bits per heavy atom. The van der Waals surface area contributed by atoms with Crippen LogP contribution >= 0.6 is 0 Å². The molecule has 0 spiro atoms. The third kappa shape index (κ3) is 4.01. The number of aryl methyl sites for hydroxylation is 2. The fraction of sp³-hybridized carbons (Fsp3) is 0.280. The zero-order valence-electron chi connectivity index (χ0n) is 18.2. The smallest absolute Gasteiger partial charge is 0.278 e. The van der Waals surface area contributed by atoms with Crippen molar-refractivity contribution in [2.75, 3.05) is 29.9 Å². The molecule has 0 bridgehead atoms. The topological polar surface area (TPSA) is 52.7 Å². The number of hydrogen-bond acceptors (Lipinski definition) is 4. The molecule has 5 heteroatoms. The zero-order valence-corrected chi connectivity index (χ0v) is 18.2. The van der Waals surface area contributed by atoms with E-state index in [-0.39, 0.29) is 18.4 Å². The summed E-state index contributed by atoms with van der Waals surface area (Å²) in [4.78, 5) is 29.6. The van der Waals surface area contributed by atoms with Gasteiger partial charge in [-0.1, -0.05) is 24.3 Å². The number of amides is 2. The summed E-state index contributed by atoms with van der Waals surface area (Å²) in [7, 11) is 0. The van der Waals surface area contributed by atoms with Crippen LogP contribution in [0.25, 0.3) is 5.57 Å². The van der Waals surface area contributed by atoms with Gasteiger partial charge in [0, 0.05) is 31.0 Å². The molecule has 156 valence electrons. The molecule has 0 unspecified atom stereocenters. The number of benzene rings is 2. The van der Waals surface area contributed by atoms with Crippen molar-refractivity contribution in [1.29, 1.82) is 0 Å². The normalized spacial score (nSPS) is 13.8. The molecule has 0 aliphatic carbocycles. The van der Waals surface area contributed by atoms with Crippen molar-refractivity contribution in [2.24, 2.45) is 0 Å². The number of nitrogens with one attached hydrogen (secondary N) is 1. The Morgan fingerprint density at radius 1 is 0.967 bits per heavy atom. The monoisotopic (exact) mass is 403 g/mol. The van der Waals surface area contributed by atoms with E-state index in [1.165, 1.54) is 4.90 Å². The summed E-state index contributed by atoms with van der Waals surface area (Å²) in [6.07, 6.45) is 1.57. The second kappa shape index (κ2) is 8.99. The maximum atomic E-state index is 13.1. The van der Waals surface area contributed by atoms with Crippen LogP contribution in [-0.4, -0.2) is 36.3 Å². The van der Waals surface area contributed by atoms with E-state index in [0.717, 1.165) is 41.2 Å². The molecule has 1 aliphatic rings. The molecule has 0 atom stereocenters. The van der Waals surface area contributed by atoms with Crippen LogP contribution < -0.4 is 10.2 Å². The van der Waals surface area contributed by atoms with Gasteiger partial charge in [0.2, 0.25) is 0 Å². The van der Waals surface area contributed by atoms with Crippen LogP contribution in [0.2, 0.25) is 0 Å². The number of anilines is 2. The van der Waals surface area contributed by atoms with Crippen LogP contribution in [0.1, 0.15) is 30.5 Å². The predicted molar refractivity (Wildman–Crippen MR) is 123 cm³/mol. The summed E-state index contributed by atoms with van der Waals surface area (Å²) in [5.41, 5.74) is 5.55. The van der Waals surface area contributed by atoms with Crippen molar-refractivity contribution < 1.29 is 9.59 Å². The lowest BCUT2D eigenvalue weighted by atomic mass is 9.99. The summed E-state index contributed by atoms with van der Waals surface area (Å²) in [5.74, 6) is -0.633. The van der Waals surface area contributed by atoms with Gasteiger partial charge in [-0.2, -0.15) is 0 Å². The summed E-state index contributed by atoms with van der Waals surface area (Å²) in [6, 6.07) is 13.7. The Morgan fingerprint density at radius 2 is 1.63 bits per heavy atom. The summed E-state index contributed by atoms with van der Waals surface area (Å²) < 4.78 is 0. The molecule has 5 nitrogen and oxygen atoms in total. The van der Waals surface area contributed by atoms with Crippen molar-refractivity contribution in [3.05, 3.63) is 77.5 Å². The molecule has 0 saturated carbocycles. The quantitative estimate of drug-likeness (QED) is 0.520. The number of hydrogen-bond donors (Lipinski definition) is 1. The van der Waals surface area contributed by atoms with Crippen molar-refractivity contribution in [3.63, 3.8) is 0 Å². The molecule has 1 heterocycles. The zero-order chi connectivity index (χ0) is 21.8. The van der Waals surface area contributed by atoms with E-state index in [4.69, 9.17) is 0 Å². The van der Waals surface area contributed by atoms with Gasteiger partial charge in [0.1, 0.15) is 5.70 Å². The first-order valence-corrected chi connectivity index (χ1v) is 10.3. The number of carbonyl (C=O) groups is 2. The van der Waals surface area contributed by atoms with E-state index < -0.39 is 0 Å². The van der Waals surface area contributed by atoms with Crippen molar-refractivity contribution in [3.8, 4) is 0 Å². The first kappa shape index (κ1) is 21.4. The van der Waals surface area contributed by atoms with Gasteiger partial charge in [-0.05, 0) is 68.7 Å². The Hall–Kier alpha value is -3.34. The third-order valence-electron chi connectivity index (χ3n) is 5.54. The van der Waals surface area contributed by atoms with E-state index in [2.05, 4.69) is 30.6 Å². The summed E-state index contributed by atoms with van der Waals surface area (Å²) >= 11 is 0. The van der Waals surface area contributed by atoms with Gasteiger partial charge >= 0.3 is 0 Å². The minimum Gasteiger partial charge on any atom is -0.372 e. The second-order valence-electron chi connectivity index (χ2n) is 7.40. The van der Waals surface area contributed by atoms with Crippen molar-refractivity contribution >= 4 is 28.8 Å². The lowest BCUT2D eigenvalue weighted by Crippen LogP contribution is -2.32. The Kier molecular flexibility index (Phi) is 6.40. The molecule has 1 N–H and O–H groups in total. The molecular weight excluding hydrogens is 374 g/mol. The number of rotatable bonds is 8. The number of imide groups is 1. The molecular formula is C25H29N3O2. The van der Waals surface area contributed by atoms with E-state index in [9.17, 15) is 9.59 Å². The third-order valence-corrected chi connectivity index (χ3v) is 5.54. The minimum absolute atomic E-state index is 0.179. The second-order valence-corrected chi connectivity index (χ2v) is 7.40. The molecule has 2 amide bonds. The molecule has 2 aromatic carbocycles. The van der Waals surface area contributed by atoms with Crippen LogP contribution in [0, 0.1) is 13.8 Å². The van der Waals surface area contributed by atoms with Crippen LogP contribution in [0.3, 0.4) is 0 Å². The highest BCUT2D eigenvalue weighted by molar-refractivity contribution is 6.36. The summed E-state index contributed by atoms with van der Waals surface area (Å²) in [5, 5.41) is 3.21. The fourth-order valence-corrected chi connectivity index (χ4v) is 3.64. The van der Waals surface area contributed by atoms with Crippen LogP contribution in [-0.2, 0) is 9.59 Å². The fourth-order valence-electron chi connectivity index (χ4n) is 3.64. The van der Waals surface area contributed by atoms with Gasteiger partial charge in [-0.15, -0.1) is 6.58 Å². The lowest BCUT2D eigenvalue weighted by molar-refractivity contribution is -0.136. The van der Waals surface area contributed by atoms with Crippen molar-refractivity contribution in [2.45, 2.75) is 27.7 Å². The highest BCUT2D eigenvalue weighted by Crippen LogP contribution is 2.31. The summed E-state index contributed by atoms with van der Waals surface area (Å²) in [6.45, 7) is 14.0. The highest BCUT2D eigenvalue weighted by atomic mass is 16.2. The molecule has 3 rings (SSSR count). The van der Waals surface area contributed by atoms with Gasteiger partial charge in [0.05, 0.1) is 5.57 Å². The van der Waals surface area contributed by atoms with E-state index in [1.54, 1.807) is 6.08 Å². The molecule has 2 aromatic rings. The van der Waals surface area contributed by atoms with Gasteiger partial charge in [-0.25, -0.2) is 0 Å². The standard InChI is InChI=1S/C25H29N3O2/c1-6-15-28-24(29)22(19-10-9-17(4)18(5)16-19)23(25(28)30)26-20-11-13-21(14-12-20)27(7-2)8-3/h6,9-14,16,26H,1,7-8,15H2,2-5H3. The van der Waals surface area contributed by atoms with Gasteiger partial charge < -0.3 is 10.2 Å². The van der Waals surface area contributed by atoms with Crippen LogP contribution in [0.5, 0.6) is 0 Å². The van der Waals surface area contributed by atoms with E-state index in [0.29, 0.717) is 11.3 Å². The molecule has 0 saturated heterocycles. The predicted octanol–water partition coefficient (Wildman–Crippen LogP) is 4.53. The highest BCUT2D eigenvalue weighted by Gasteiger charge is 2.38. The molecule has 30 heavy (non-hydrogen) atoms. The average molecular weight is 404 g/mol. The van der Waals surface area contributed by atoms with E-state index in [1.807, 2.05) is 56.3 Å². The Balaban J connectivity index is 2.01. The molecule has 0 fully saturated rings. The molecule has 0 aromatic heterocycles.